The summed E-state index contributed by atoms with van der Waals surface area (Å²) in [5.41, 5.74) is 0.521. The van der Waals surface area contributed by atoms with Gasteiger partial charge in [0.1, 0.15) is 16.7 Å². The predicted octanol–water partition coefficient (Wildman–Crippen LogP) is 2.40. The normalized spacial score (nSPS) is 10.1. The quantitative estimate of drug-likeness (QED) is 0.728. The van der Waals surface area contributed by atoms with Crippen LogP contribution in [-0.4, -0.2) is 21.1 Å². The van der Waals surface area contributed by atoms with Gasteiger partial charge < -0.3 is 15.5 Å². The third-order valence-electron chi connectivity index (χ3n) is 2.21. The minimum absolute atomic E-state index is 0.0562. The molecular weight excluding hydrogens is 256 g/mol. The lowest BCUT2D eigenvalue weighted by molar-refractivity contribution is 0.102. The summed E-state index contributed by atoms with van der Waals surface area (Å²) in [6.07, 6.45) is 1.45. The van der Waals surface area contributed by atoms with Gasteiger partial charge in [0.05, 0.1) is 5.56 Å². The molecule has 92 valence electrons. The van der Waals surface area contributed by atoms with E-state index >= 15 is 0 Å². The summed E-state index contributed by atoms with van der Waals surface area (Å²) in [6, 6.07) is 6.78. The molecule has 0 aliphatic carbocycles. The summed E-state index contributed by atoms with van der Waals surface area (Å²) in [5.74, 6) is -0.918. The van der Waals surface area contributed by atoms with Crippen molar-refractivity contribution in [3.8, 4) is 11.5 Å². The monoisotopic (exact) mass is 264 g/mol. The van der Waals surface area contributed by atoms with Crippen LogP contribution in [0.5, 0.6) is 11.5 Å². The number of nitrogens with one attached hydrogen (secondary N) is 1. The Hall–Kier alpha value is -2.27. The SMILES string of the molecule is O=C(Nc1ccnc(Cl)c1)c1ccc(O)cc1O. The molecule has 18 heavy (non-hydrogen) atoms. The molecule has 2 aromatic rings. The number of carbonyl (C=O) groups is 1. The first-order chi connectivity index (χ1) is 8.56. The Labute approximate surface area is 108 Å². The third-order valence-corrected chi connectivity index (χ3v) is 2.42. The van der Waals surface area contributed by atoms with E-state index in [0.717, 1.165) is 6.07 Å². The van der Waals surface area contributed by atoms with Gasteiger partial charge in [0.25, 0.3) is 5.91 Å². The zero-order valence-corrected chi connectivity index (χ0v) is 9.85. The summed E-state index contributed by atoms with van der Waals surface area (Å²) < 4.78 is 0. The number of aromatic hydroxyl groups is 2. The summed E-state index contributed by atoms with van der Waals surface area (Å²) in [6.45, 7) is 0. The van der Waals surface area contributed by atoms with Crippen molar-refractivity contribution >= 4 is 23.2 Å². The van der Waals surface area contributed by atoms with Crippen molar-refractivity contribution in [2.24, 2.45) is 0 Å². The fourth-order valence-electron chi connectivity index (χ4n) is 1.39. The Morgan fingerprint density at radius 3 is 2.67 bits per heavy atom. The highest BCUT2D eigenvalue weighted by molar-refractivity contribution is 6.29. The molecule has 0 saturated carbocycles. The first-order valence-electron chi connectivity index (χ1n) is 5.01. The molecule has 0 unspecified atom stereocenters. The molecular formula is C12H9ClN2O3. The molecule has 0 atom stereocenters. The fourth-order valence-corrected chi connectivity index (χ4v) is 1.56. The van der Waals surface area contributed by atoms with Gasteiger partial charge in [0.2, 0.25) is 0 Å². The Bertz CT molecular complexity index is 602. The second kappa shape index (κ2) is 4.93. The van der Waals surface area contributed by atoms with Crippen molar-refractivity contribution in [3.63, 3.8) is 0 Å². The van der Waals surface area contributed by atoms with E-state index in [9.17, 15) is 9.90 Å². The Kier molecular flexibility index (Phi) is 3.34. The third kappa shape index (κ3) is 2.70. The van der Waals surface area contributed by atoms with E-state index in [4.69, 9.17) is 16.7 Å². The van der Waals surface area contributed by atoms with Crippen LogP contribution in [0, 0.1) is 0 Å². The molecule has 1 amide bonds. The zero-order chi connectivity index (χ0) is 13.1. The fraction of sp³-hybridized carbons (Fsp3) is 0. The molecule has 5 nitrogen and oxygen atoms in total. The lowest BCUT2D eigenvalue weighted by atomic mass is 10.1. The lowest BCUT2D eigenvalue weighted by Crippen LogP contribution is -2.12. The number of anilines is 1. The van der Waals surface area contributed by atoms with Crippen molar-refractivity contribution in [2.75, 3.05) is 5.32 Å². The van der Waals surface area contributed by atoms with Crippen molar-refractivity contribution < 1.29 is 15.0 Å². The molecule has 0 fully saturated rings. The van der Waals surface area contributed by atoms with Crippen LogP contribution in [0.1, 0.15) is 10.4 Å². The summed E-state index contributed by atoms with van der Waals surface area (Å²) in [4.78, 5) is 15.6. The minimum Gasteiger partial charge on any atom is -0.508 e. The van der Waals surface area contributed by atoms with Crippen LogP contribution in [0.2, 0.25) is 5.15 Å². The molecule has 2 rings (SSSR count). The minimum atomic E-state index is -0.505. The number of pyridine rings is 1. The maximum atomic E-state index is 11.8. The number of hydrogen-bond donors (Lipinski definition) is 3. The average molecular weight is 265 g/mol. The first-order valence-corrected chi connectivity index (χ1v) is 5.39. The molecule has 0 spiro atoms. The van der Waals surface area contributed by atoms with Crippen LogP contribution >= 0.6 is 11.6 Å². The molecule has 0 aliphatic rings. The number of nitrogens with zero attached hydrogens (tertiary/aromatic N) is 1. The van der Waals surface area contributed by atoms with Crippen LogP contribution < -0.4 is 5.32 Å². The van der Waals surface area contributed by atoms with Crippen molar-refractivity contribution in [1.29, 1.82) is 0 Å². The number of phenols is 2. The standard InChI is InChI=1S/C12H9ClN2O3/c13-11-5-7(3-4-14-11)15-12(18)9-2-1-8(16)6-10(9)17/h1-6,16-17H,(H,14,15,18). The summed E-state index contributed by atoms with van der Waals surface area (Å²) in [7, 11) is 0. The second-order valence-corrected chi connectivity index (χ2v) is 3.91. The lowest BCUT2D eigenvalue weighted by Gasteiger charge is -2.07. The van der Waals surface area contributed by atoms with Gasteiger partial charge >= 0.3 is 0 Å². The van der Waals surface area contributed by atoms with E-state index in [0.29, 0.717) is 5.69 Å². The smallest absolute Gasteiger partial charge is 0.259 e. The van der Waals surface area contributed by atoms with Crippen molar-refractivity contribution in [3.05, 3.63) is 47.2 Å². The Balaban J connectivity index is 2.22. The number of aromatic nitrogens is 1. The number of benzene rings is 1. The van der Waals surface area contributed by atoms with Gasteiger partial charge in [-0.2, -0.15) is 0 Å². The Morgan fingerprint density at radius 2 is 2.00 bits per heavy atom. The molecule has 1 aromatic heterocycles. The highest BCUT2D eigenvalue weighted by Gasteiger charge is 2.11. The van der Waals surface area contributed by atoms with Gasteiger partial charge in [0, 0.05) is 18.0 Å². The average Bonchev–Trinajstić information content (AvgIpc) is 2.28. The molecule has 0 bridgehead atoms. The van der Waals surface area contributed by atoms with E-state index in [2.05, 4.69) is 10.3 Å². The first kappa shape index (κ1) is 12.2. The van der Waals surface area contributed by atoms with E-state index in [1.54, 1.807) is 6.07 Å². The van der Waals surface area contributed by atoms with Crippen LogP contribution in [0.15, 0.2) is 36.5 Å². The largest absolute Gasteiger partial charge is 0.508 e. The number of hydrogen-bond acceptors (Lipinski definition) is 4. The number of carbonyl (C=O) groups excluding carboxylic acids is 1. The van der Waals surface area contributed by atoms with E-state index in [1.807, 2.05) is 0 Å². The van der Waals surface area contributed by atoms with Gasteiger partial charge in [-0.3, -0.25) is 4.79 Å². The van der Waals surface area contributed by atoms with E-state index in [-0.39, 0.29) is 22.2 Å². The van der Waals surface area contributed by atoms with Crippen LogP contribution in [0.25, 0.3) is 0 Å². The number of phenolic OH excluding ortho intramolecular Hbond substituents is 2. The molecule has 6 heteroatoms. The van der Waals surface area contributed by atoms with Crippen molar-refractivity contribution in [2.45, 2.75) is 0 Å². The van der Waals surface area contributed by atoms with Gasteiger partial charge in [-0.1, -0.05) is 11.6 Å². The van der Waals surface area contributed by atoms with Crippen molar-refractivity contribution in [1.82, 2.24) is 4.98 Å². The summed E-state index contributed by atoms with van der Waals surface area (Å²) >= 11 is 5.68. The Morgan fingerprint density at radius 1 is 1.22 bits per heavy atom. The van der Waals surface area contributed by atoms with Gasteiger partial charge in [0.15, 0.2) is 0 Å². The number of amides is 1. The van der Waals surface area contributed by atoms with Gasteiger partial charge in [-0.15, -0.1) is 0 Å². The maximum absolute atomic E-state index is 11.8. The molecule has 1 aromatic carbocycles. The molecule has 0 saturated heterocycles. The molecule has 0 aliphatic heterocycles. The second-order valence-electron chi connectivity index (χ2n) is 3.52. The molecule has 0 radical (unpaired) electrons. The van der Waals surface area contributed by atoms with Gasteiger partial charge in [-0.05, 0) is 24.3 Å². The van der Waals surface area contributed by atoms with Crippen LogP contribution in [0.3, 0.4) is 0 Å². The highest BCUT2D eigenvalue weighted by Crippen LogP contribution is 2.23. The molecule has 1 heterocycles. The highest BCUT2D eigenvalue weighted by atomic mass is 35.5. The topological polar surface area (TPSA) is 82.5 Å². The summed E-state index contributed by atoms with van der Waals surface area (Å²) in [5, 5.41) is 21.5. The van der Waals surface area contributed by atoms with E-state index in [1.165, 1.54) is 24.4 Å². The zero-order valence-electron chi connectivity index (χ0n) is 9.09. The molecule has 3 N–H and O–H groups in total. The maximum Gasteiger partial charge on any atom is 0.259 e. The predicted molar refractivity (Wildman–Crippen MR) is 67.0 cm³/mol. The van der Waals surface area contributed by atoms with Gasteiger partial charge in [-0.25, -0.2) is 4.98 Å². The van der Waals surface area contributed by atoms with Crippen LogP contribution in [0.4, 0.5) is 5.69 Å². The van der Waals surface area contributed by atoms with E-state index < -0.39 is 5.91 Å². The van der Waals surface area contributed by atoms with Crippen LogP contribution in [-0.2, 0) is 0 Å². The number of halogens is 1. The number of rotatable bonds is 2.